The van der Waals surface area contributed by atoms with E-state index >= 15 is 26.3 Å². The molecule has 99 heavy (non-hydrogen) atoms. The average molecular weight is 1400 g/mol. The van der Waals surface area contributed by atoms with Gasteiger partial charge in [-0.05, 0) is 196 Å². The first-order valence-electron chi connectivity index (χ1n) is 37.1. The van der Waals surface area contributed by atoms with E-state index in [-0.39, 0.29) is 34.6 Å². The molecular formula is C83H108F6N2O6Si2. The summed E-state index contributed by atoms with van der Waals surface area (Å²) in [7, 11) is -3.23. The zero-order valence-corrected chi connectivity index (χ0v) is 63.6. The first-order chi connectivity index (χ1) is 46.8. The Morgan fingerprint density at radius 3 is 1.56 bits per heavy atom. The van der Waals surface area contributed by atoms with Crippen LogP contribution in [0.25, 0.3) is 28.0 Å². The molecule has 0 spiro atoms. The van der Waals surface area contributed by atoms with E-state index in [9.17, 15) is 4.79 Å². The molecule has 11 rings (SSSR count). The Balaban J connectivity index is 0.950. The van der Waals surface area contributed by atoms with Crippen molar-refractivity contribution in [3.8, 4) is 39.9 Å². The van der Waals surface area contributed by atoms with Gasteiger partial charge in [0.2, 0.25) is 0 Å². The van der Waals surface area contributed by atoms with Crippen molar-refractivity contribution in [1.82, 2.24) is 0 Å². The van der Waals surface area contributed by atoms with E-state index in [2.05, 4.69) is 99.8 Å². The summed E-state index contributed by atoms with van der Waals surface area (Å²) in [6.45, 7) is 34.8. The Morgan fingerprint density at radius 2 is 1.08 bits per heavy atom. The van der Waals surface area contributed by atoms with Gasteiger partial charge in [-0.3, -0.25) is 4.79 Å². The Labute approximate surface area is 588 Å². The van der Waals surface area contributed by atoms with Crippen LogP contribution in [0.4, 0.5) is 37.7 Å². The number of nitrogens with zero attached hydrogens (tertiary/aromatic N) is 2. The van der Waals surface area contributed by atoms with Gasteiger partial charge in [0, 0.05) is 59.4 Å². The number of esters is 1. The lowest BCUT2D eigenvalue weighted by Gasteiger charge is -2.43. The molecule has 16 heteroatoms. The number of carbonyl (C=O) groups is 1. The molecule has 3 fully saturated rings. The number of hydrogen-bond donors (Lipinski definition) is 0. The van der Waals surface area contributed by atoms with E-state index in [1.165, 1.54) is 51.4 Å². The minimum Gasteiger partial charge on any atom is -0.543 e. The van der Waals surface area contributed by atoms with Gasteiger partial charge in [-0.1, -0.05) is 173 Å². The fourth-order valence-electron chi connectivity index (χ4n) is 19.2. The van der Waals surface area contributed by atoms with Crippen molar-refractivity contribution in [1.29, 1.82) is 0 Å². The van der Waals surface area contributed by atoms with Gasteiger partial charge in [0.25, 0.3) is 16.6 Å². The molecule has 6 aromatic rings. The highest BCUT2D eigenvalue weighted by Gasteiger charge is 2.52. The first-order valence-corrected chi connectivity index (χ1v) is 41.4. The maximum atomic E-state index is 15.7. The van der Waals surface area contributed by atoms with Gasteiger partial charge in [0.1, 0.15) is 28.7 Å². The number of benzene rings is 6. The average Bonchev–Trinajstić information content (AvgIpc) is 1.55. The number of unbranched alkanes of at least 4 members (excludes halogenated alkanes) is 2. The van der Waals surface area contributed by atoms with Crippen molar-refractivity contribution in [2.24, 2.45) is 23.7 Å². The van der Waals surface area contributed by atoms with Gasteiger partial charge in [-0.25, -0.2) is 0 Å². The van der Waals surface area contributed by atoms with Crippen LogP contribution in [0.2, 0.25) is 33.2 Å². The van der Waals surface area contributed by atoms with E-state index in [0.717, 1.165) is 71.9 Å². The summed E-state index contributed by atoms with van der Waals surface area (Å²) in [5, 5.41) is 0.898. The first kappa shape index (κ1) is 73.8. The number of carbonyl (C=O) groups excluding carboxylic acids is 1. The Morgan fingerprint density at radius 1 is 0.586 bits per heavy atom. The molecule has 0 radical (unpaired) electrons. The third-order valence-corrected chi connectivity index (χ3v) is 36.1. The van der Waals surface area contributed by atoms with Crippen LogP contribution < -0.4 is 32.9 Å². The number of halogens is 6. The Hall–Kier alpha value is -6.40. The summed E-state index contributed by atoms with van der Waals surface area (Å²) in [6.07, 6.45) is 8.24. The molecule has 536 valence electrons. The summed E-state index contributed by atoms with van der Waals surface area (Å²) >= 11 is 0. The fraction of sp³-hybridized carbons (Fsp3) is 0.554. The molecule has 8 nitrogen and oxygen atoms in total. The van der Waals surface area contributed by atoms with Crippen LogP contribution in [-0.4, -0.2) is 55.9 Å². The molecule has 1 saturated heterocycles. The predicted octanol–water partition coefficient (Wildman–Crippen LogP) is 24.1. The van der Waals surface area contributed by atoms with Crippen LogP contribution in [0.1, 0.15) is 220 Å². The van der Waals surface area contributed by atoms with Crippen molar-refractivity contribution in [3.63, 3.8) is 0 Å². The van der Waals surface area contributed by atoms with Gasteiger partial charge in [-0.15, -0.1) is 0 Å². The second-order valence-corrected chi connectivity index (χ2v) is 42.7. The molecule has 0 N–H and O–H groups in total. The molecule has 6 aromatic carbocycles. The minimum atomic E-state index is -5.14. The smallest absolute Gasteiger partial charge is 0.416 e. The maximum absolute atomic E-state index is 15.7. The van der Waals surface area contributed by atoms with Crippen LogP contribution >= 0.6 is 0 Å². The molecule has 0 amide bonds. The highest BCUT2D eigenvalue weighted by atomic mass is 28.4. The summed E-state index contributed by atoms with van der Waals surface area (Å²) in [4.78, 5) is 18.0. The number of rotatable bonds is 22. The van der Waals surface area contributed by atoms with Gasteiger partial charge in [0.05, 0.1) is 29.8 Å². The molecule has 0 atom stereocenters. The van der Waals surface area contributed by atoms with Crippen molar-refractivity contribution < 1.29 is 54.2 Å². The van der Waals surface area contributed by atoms with Crippen LogP contribution in [0.3, 0.4) is 0 Å². The lowest BCUT2D eigenvalue weighted by molar-refractivity contribution is -0.144. The van der Waals surface area contributed by atoms with Crippen LogP contribution in [0.5, 0.6) is 28.7 Å². The molecule has 3 aliphatic carbocycles. The minimum absolute atomic E-state index is 0.0994. The lowest BCUT2D eigenvalue weighted by Crippen LogP contribution is -2.50. The molecule has 0 aromatic heterocycles. The Kier molecular flexibility index (Phi) is 21.5. The largest absolute Gasteiger partial charge is 0.543 e. The molecule has 0 unspecified atom stereocenters. The van der Waals surface area contributed by atoms with Crippen LogP contribution in [-0.2, 0) is 28.2 Å². The normalized spacial score (nSPS) is 20.2. The summed E-state index contributed by atoms with van der Waals surface area (Å²) in [6, 6.07) is 28.8. The number of anilines is 2. The summed E-state index contributed by atoms with van der Waals surface area (Å²) in [5.74, 6) is 4.94. The van der Waals surface area contributed by atoms with E-state index in [4.69, 9.17) is 23.1 Å². The van der Waals surface area contributed by atoms with Crippen LogP contribution in [0, 0.1) is 23.7 Å². The predicted molar refractivity (Wildman–Crippen MR) is 396 cm³/mol. The van der Waals surface area contributed by atoms with Crippen molar-refractivity contribution in [2.75, 3.05) is 43.1 Å². The van der Waals surface area contributed by atoms with Crippen molar-refractivity contribution in [3.05, 3.63) is 142 Å². The second-order valence-electron chi connectivity index (χ2n) is 32.0. The van der Waals surface area contributed by atoms with E-state index in [0.29, 0.717) is 110 Å². The summed E-state index contributed by atoms with van der Waals surface area (Å²) in [5.41, 5.74) is 0.234. The number of alkyl halides is 6. The molecular weight excluding hydrogens is 1290 g/mol. The fourth-order valence-corrected chi connectivity index (χ4v) is 29.7. The lowest BCUT2D eigenvalue weighted by atomic mass is 9.68. The summed E-state index contributed by atoms with van der Waals surface area (Å²) < 4.78 is 127. The standard InChI is InChI=1S/C83H108F6N2O6Si2/c1-17-18-19-20-57-21-23-58(24-22-57)59-25-27-60(28-26-59)79(92)94-65-39-33-64(34-40-65)90-43-45-91(46-44-90)73-49-69-70(50-74(73)93-16)78-68(77-75(69)71-47-63(82(84,85)86)48-72(83(87,88)89)76(71)80(77,14)15)41-42-81(95-78,61-29-35-66(36-30-61)96-98(51(2)3,52(4)5)53(6)7)62-31-37-67(38-32-62)97-99(54(8)9,55(10)11)56(12)13/h29-42,47-60H,17-28,43-46H2,1-16H3. The SMILES string of the molecule is CCCCCC1CCC(C2CCC(C(=O)Oc3ccc(N4CCN(c5cc6c7c(c8c(c6cc5OC)OC(c5ccc(O[Si](C(C)C)(C(C)C)C(C)C)cc5)(c5ccc(O[Si](C(C)C)(C(C)C)C(C)C)cc5)C=C8)C(C)(C)c5c-7cc(C(F)(F)F)cc5C(F)(F)F)CC4)cc3)CC2)CC1. The molecule has 5 aliphatic rings. The van der Waals surface area contributed by atoms with E-state index in [1.807, 2.05) is 97.1 Å². The topological polar surface area (TPSA) is 69.7 Å². The third kappa shape index (κ3) is 14.0. The van der Waals surface area contributed by atoms with Gasteiger partial charge in [-0.2, -0.15) is 26.3 Å². The molecule has 2 saturated carbocycles. The number of piperazine rings is 1. The van der Waals surface area contributed by atoms with Gasteiger partial charge in [0.15, 0.2) is 5.60 Å². The molecule has 2 heterocycles. The zero-order valence-electron chi connectivity index (χ0n) is 61.6. The zero-order chi connectivity index (χ0) is 71.5. The maximum Gasteiger partial charge on any atom is 0.416 e. The molecule has 2 aliphatic heterocycles. The van der Waals surface area contributed by atoms with Crippen molar-refractivity contribution >= 4 is 50.8 Å². The molecule has 0 bridgehead atoms. The Bertz CT molecular complexity index is 3730. The third-order valence-electron chi connectivity index (χ3n) is 24.1. The highest BCUT2D eigenvalue weighted by molar-refractivity contribution is 6.78. The van der Waals surface area contributed by atoms with Gasteiger partial charge >= 0.3 is 18.3 Å². The number of ether oxygens (including phenoxy) is 3. The van der Waals surface area contributed by atoms with E-state index in [1.54, 1.807) is 21.0 Å². The van der Waals surface area contributed by atoms with Crippen LogP contribution in [0.15, 0.2) is 103 Å². The highest BCUT2D eigenvalue weighted by Crippen LogP contribution is 2.62. The van der Waals surface area contributed by atoms with Gasteiger partial charge < -0.3 is 32.9 Å². The second kappa shape index (κ2) is 28.8. The number of hydrogen-bond acceptors (Lipinski definition) is 8. The number of methoxy groups -OCH3 is 1. The quantitative estimate of drug-likeness (QED) is 0.0219. The number of fused-ring (bicyclic) bond motifs is 8. The monoisotopic (exact) mass is 1400 g/mol. The van der Waals surface area contributed by atoms with Crippen molar-refractivity contribution in [2.45, 2.75) is 238 Å². The van der Waals surface area contributed by atoms with E-state index < -0.39 is 51.1 Å².